The van der Waals surface area contributed by atoms with Crippen molar-refractivity contribution in [1.82, 2.24) is 0 Å². The van der Waals surface area contributed by atoms with Gasteiger partial charge in [0.15, 0.2) is 0 Å². The Kier molecular flexibility index (Phi) is 16.9. The topological polar surface area (TPSA) is 35.5 Å². The molecule has 0 saturated heterocycles. The van der Waals surface area contributed by atoms with Gasteiger partial charge in [0.1, 0.15) is 0 Å². The third kappa shape index (κ3) is 18.0. The molecule has 0 bridgehead atoms. The molecule has 0 N–H and O–H groups in total. The first kappa shape index (κ1) is 14.1. The van der Waals surface area contributed by atoms with E-state index in [0.29, 0.717) is 13.2 Å². The maximum Gasteiger partial charge on any atom is 0.319 e. The molecule has 0 aliphatic carbocycles. The molecular formula is C6H18O3P2. The minimum Gasteiger partial charge on any atom is -0.311 e. The molecule has 1 atom stereocenters. The molecule has 5 heteroatoms. The lowest BCUT2D eigenvalue weighted by molar-refractivity contribution is 0.243. The highest BCUT2D eigenvalue weighted by molar-refractivity contribution is 7.33. The molecule has 0 heterocycles. The fourth-order valence-electron chi connectivity index (χ4n) is 0.277. The van der Waals surface area contributed by atoms with E-state index in [-0.39, 0.29) is 0 Å². The van der Waals surface area contributed by atoms with Crippen LogP contribution in [0.25, 0.3) is 0 Å². The highest BCUT2D eigenvalue weighted by Gasteiger charge is 1.91. The van der Waals surface area contributed by atoms with E-state index in [0.717, 1.165) is 0 Å². The van der Waals surface area contributed by atoms with E-state index in [9.17, 15) is 4.57 Å². The molecule has 0 aromatic carbocycles. The summed E-state index contributed by atoms with van der Waals surface area (Å²) in [5.74, 6) is 0. The van der Waals surface area contributed by atoms with Crippen molar-refractivity contribution in [3.05, 3.63) is 0 Å². The second-order valence-electron chi connectivity index (χ2n) is 1.52. The molecule has 0 radical (unpaired) electrons. The molecule has 0 saturated carbocycles. The Balaban J connectivity index is 0. The van der Waals surface area contributed by atoms with E-state index in [1.807, 2.05) is 0 Å². The van der Waals surface area contributed by atoms with Gasteiger partial charge < -0.3 is 9.05 Å². The summed E-state index contributed by atoms with van der Waals surface area (Å²) in [7, 11) is 0.437. The summed E-state index contributed by atoms with van der Waals surface area (Å²) in [6.07, 6.45) is 1.17. The lowest BCUT2D eigenvalue weighted by Crippen LogP contribution is -1.81. The van der Waals surface area contributed by atoms with Crippen molar-refractivity contribution >= 4 is 17.5 Å². The molecule has 0 fully saturated rings. The van der Waals surface area contributed by atoms with Crippen LogP contribution in [0.15, 0.2) is 0 Å². The Morgan fingerprint density at radius 1 is 1.18 bits per heavy atom. The summed E-state index contributed by atoms with van der Waals surface area (Å²) in [6.45, 7) is 6.56. The lowest BCUT2D eigenvalue weighted by atomic mass is 10.9. The van der Waals surface area contributed by atoms with Gasteiger partial charge >= 0.3 is 8.25 Å². The van der Waals surface area contributed by atoms with Crippen LogP contribution in [0, 0.1) is 0 Å². The van der Waals surface area contributed by atoms with Crippen LogP contribution < -0.4 is 0 Å². The molecule has 11 heavy (non-hydrogen) atoms. The molecule has 0 amide bonds. The van der Waals surface area contributed by atoms with Gasteiger partial charge in [0.05, 0.1) is 13.2 Å². The molecule has 0 aromatic rings. The maximum absolute atomic E-state index is 10.4. The van der Waals surface area contributed by atoms with E-state index in [2.05, 4.69) is 25.2 Å². The zero-order valence-electron chi connectivity index (χ0n) is 7.42. The highest BCUT2D eigenvalue weighted by atomic mass is 31.1. The monoisotopic (exact) mass is 200 g/mol. The van der Waals surface area contributed by atoms with Crippen molar-refractivity contribution in [2.24, 2.45) is 0 Å². The number of hydrogen-bond donors (Lipinski definition) is 0. The Morgan fingerprint density at radius 3 is 1.64 bits per heavy atom. The first-order valence-electron chi connectivity index (χ1n) is 3.72. The summed E-state index contributed by atoms with van der Waals surface area (Å²) in [5, 5.41) is 0. The van der Waals surface area contributed by atoms with Gasteiger partial charge in [-0.25, -0.2) is 0 Å². The molecule has 0 aliphatic rings. The van der Waals surface area contributed by atoms with Crippen LogP contribution in [-0.4, -0.2) is 19.4 Å². The molecule has 0 rings (SSSR count). The number of rotatable bonds is 4. The zero-order chi connectivity index (χ0) is 9.11. The fraction of sp³-hybridized carbons (Fsp3) is 1.00. The smallest absolute Gasteiger partial charge is 0.311 e. The molecule has 0 aliphatic heterocycles. The molecule has 0 aromatic heterocycles. The predicted molar refractivity (Wildman–Crippen MR) is 52.5 cm³/mol. The SMILES string of the molecule is CCO[PH](=O)OCC.CCP. The standard InChI is InChI=1S/C4H11O3P.C2H7P/c1-3-6-8(5)7-4-2;1-2-3/h8H,3-4H2,1-2H3;2-3H2,1H3. The number of hydrogen-bond acceptors (Lipinski definition) is 3. The molecule has 3 nitrogen and oxygen atoms in total. The molecule has 1 unspecified atom stereocenters. The largest absolute Gasteiger partial charge is 0.319 e. The summed E-state index contributed by atoms with van der Waals surface area (Å²) >= 11 is 0. The van der Waals surface area contributed by atoms with Crippen molar-refractivity contribution in [3.8, 4) is 0 Å². The van der Waals surface area contributed by atoms with Crippen molar-refractivity contribution < 1.29 is 13.6 Å². The van der Waals surface area contributed by atoms with E-state index < -0.39 is 8.25 Å². The van der Waals surface area contributed by atoms with Gasteiger partial charge in [0, 0.05) is 0 Å². The van der Waals surface area contributed by atoms with Gasteiger partial charge in [-0.15, -0.1) is 9.24 Å². The van der Waals surface area contributed by atoms with Crippen LogP contribution in [0.3, 0.4) is 0 Å². The van der Waals surface area contributed by atoms with Gasteiger partial charge in [-0.05, 0) is 20.0 Å². The quantitative estimate of drug-likeness (QED) is 0.653. The minimum absolute atomic E-state index is 0.456. The van der Waals surface area contributed by atoms with Crippen LogP contribution in [-0.2, 0) is 13.6 Å². The van der Waals surface area contributed by atoms with Gasteiger partial charge in [0.25, 0.3) is 0 Å². The summed E-state index contributed by atoms with van der Waals surface area (Å²) in [5.41, 5.74) is 0. The van der Waals surface area contributed by atoms with E-state index in [4.69, 9.17) is 0 Å². The van der Waals surface area contributed by atoms with Crippen molar-refractivity contribution in [3.63, 3.8) is 0 Å². The average Bonchev–Trinajstić information content (AvgIpc) is 1.90. The van der Waals surface area contributed by atoms with Gasteiger partial charge in [-0.3, -0.25) is 4.57 Å². The second-order valence-corrected chi connectivity index (χ2v) is 3.42. The normalized spacial score (nSPS) is 9.18. The first-order chi connectivity index (χ1) is 5.22. The molecule has 0 spiro atoms. The first-order valence-corrected chi connectivity index (χ1v) is 5.76. The predicted octanol–water partition coefficient (Wildman–Crippen LogP) is 2.33. The van der Waals surface area contributed by atoms with Crippen LogP contribution in [0.2, 0.25) is 0 Å². The van der Waals surface area contributed by atoms with Crippen molar-refractivity contribution in [1.29, 1.82) is 0 Å². The van der Waals surface area contributed by atoms with Crippen molar-refractivity contribution in [2.75, 3.05) is 19.4 Å². The van der Waals surface area contributed by atoms with Gasteiger partial charge in [0.2, 0.25) is 0 Å². The second kappa shape index (κ2) is 13.2. The van der Waals surface area contributed by atoms with Crippen LogP contribution in [0.5, 0.6) is 0 Å². The Labute approximate surface area is 72.0 Å². The molecule has 70 valence electrons. The Bertz CT molecular complexity index is 79.9. The third-order valence-corrected chi connectivity index (χ3v) is 1.57. The zero-order valence-corrected chi connectivity index (χ0v) is 9.58. The van der Waals surface area contributed by atoms with Crippen LogP contribution in [0.1, 0.15) is 20.8 Å². The van der Waals surface area contributed by atoms with Gasteiger partial charge in [-0.1, -0.05) is 6.92 Å². The van der Waals surface area contributed by atoms with Crippen molar-refractivity contribution in [2.45, 2.75) is 20.8 Å². The Morgan fingerprint density at radius 2 is 1.45 bits per heavy atom. The maximum atomic E-state index is 10.4. The van der Waals surface area contributed by atoms with Gasteiger partial charge in [-0.2, -0.15) is 0 Å². The summed E-state index contributed by atoms with van der Waals surface area (Å²) < 4.78 is 19.6. The van der Waals surface area contributed by atoms with E-state index in [1.54, 1.807) is 13.8 Å². The summed E-state index contributed by atoms with van der Waals surface area (Å²) in [4.78, 5) is 0. The Hall–Kier alpha value is 0.580. The third-order valence-electron chi connectivity index (χ3n) is 0.524. The lowest BCUT2D eigenvalue weighted by Gasteiger charge is -1.97. The average molecular weight is 200 g/mol. The van der Waals surface area contributed by atoms with E-state index in [1.165, 1.54) is 6.16 Å². The van der Waals surface area contributed by atoms with E-state index >= 15 is 0 Å². The molecular weight excluding hydrogens is 182 g/mol. The summed E-state index contributed by atoms with van der Waals surface area (Å²) in [6, 6.07) is 0. The minimum atomic E-state index is -2.14. The van der Waals surface area contributed by atoms with Crippen LogP contribution in [0.4, 0.5) is 0 Å². The van der Waals surface area contributed by atoms with Crippen LogP contribution >= 0.6 is 17.5 Å². The highest BCUT2D eigenvalue weighted by Crippen LogP contribution is 2.21. The fourth-order valence-corrected chi connectivity index (χ4v) is 0.832.